The molecule has 0 bridgehead atoms. The molecule has 0 radical (unpaired) electrons. The first-order valence-electron chi connectivity index (χ1n) is 6.35. The lowest BCUT2D eigenvalue weighted by molar-refractivity contribution is 0.602. The van der Waals surface area contributed by atoms with Gasteiger partial charge in [0.05, 0.1) is 6.54 Å². The van der Waals surface area contributed by atoms with E-state index in [4.69, 9.17) is 5.73 Å². The lowest BCUT2D eigenvalue weighted by atomic mass is 10.1. The maximum Gasteiger partial charge on any atom is 0.0584 e. The summed E-state index contributed by atoms with van der Waals surface area (Å²) < 4.78 is 1.97. The molecule has 0 fully saturated rings. The van der Waals surface area contributed by atoms with Crippen LogP contribution in [0.15, 0.2) is 30.6 Å². The smallest absolute Gasteiger partial charge is 0.0584 e. The molecule has 0 saturated heterocycles. The molecule has 2 heterocycles. The number of anilines is 2. The van der Waals surface area contributed by atoms with Crippen LogP contribution in [0.1, 0.15) is 11.1 Å². The van der Waals surface area contributed by atoms with E-state index in [1.807, 2.05) is 23.1 Å². The van der Waals surface area contributed by atoms with Gasteiger partial charge in [0.15, 0.2) is 0 Å². The van der Waals surface area contributed by atoms with E-state index in [2.05, 4.69) is 29.1 Å². The zero-order valence-corrected chi connectivity index (χ0v) is 10.6. The van der Waals surface area contributed by atoms with Crippen LogP contribution in [-0.2, 0) is 13.0 Å². The van der Waals surface area contributed by atoms with Gasteiger partial charge in [0.2, 0.25) is 0 Å². The van der Waals surface area contributed by atoms with Gasteiger partial charge in [-0.25, -0.2) is 0 Å². The van der Waals surface area contributed by atoms with E-state index in [1.165, 1.54) is 16.8 Å². The highest BCUT2D eigenvalue weighted by atomic mass is 15.3. The Labute approximate surface area is 107 Å². The highest BCUT2D eigenvalue weighted by Crippen LogP contribution is 2.31. The average molecular weight is 242 g/mol. The van der Waals surface area contributed by atoms with Crippen LogP contribution < -0.4 is 10.6 Å². The van der Waals surface area contributed by atoms with Crippen LogP contribution >= 0.6 is 0 Å². The van der Waals surface area contributed by atoms with Crippen molar-refractivity contribution in [2.45, 2.75) is 19.9 Å². The van der Waals surface area contributed by atoms with Gasteiger partial charge < -0.3 is 10.6 Å². The van der Waals surface area contributed by atoms with E-state index in [0.717, 1.165) is 31.7 Å². The quantitative estimate of drug-likeness (QED) is 0.835. The van der Waals surface area contributed by atoms with Crippen LogP contribution in [0.4, 0.5) is 11.4 Å². The number of hydrogen-bond acceptors (Lipinski definition) is 3. The lowest BCUT2D eigenvalue weighted by Crippen LogP contribution is -2.25. The second-order valence-electron chi connectivity index (χ2n) is 4.84. The van der Waals surface area contributed by atoms with Crippen LogP contribution in [0.25, 0.3) is 0 Å². The Bertz CT molecular complexity index is 545. The summed E-state index contributed by atoms with van der Waals surface area (Å²) in [6.45, 7) is 5.05. The third-order valence-electron chi connectivity index (χ3n) is 3.62. The van der Waals surface area contributed by atoms with E-state index in [-0.39, 0.29) is 0 Å². The molecule has 0 unspecified atom stereocenters. The molecule has 1 aromatic carbocycles. The van der Waals surface area contributed by atoms with Crippen molar-refractivity contribution in [2.24, 2.45) is 0 Å². The molecular weight excluding hydrogens is 224 g/mol. The van der Waals surface area contributed by atoms with Gasteiger partial charge in [0.25, 0.3) is 0 Å². The van der Waals surface area contributed by atoms with Crippen molar-refractivity contribution in [1.29, 1.82) is 0 Å². The minimum absolute atomic E-state index is 0.889. The molecule has 1 aliphatic heterocycles. The van der Waals surface area contributed by atoms with Crippen LogP contribution in [0, 0.1) is 6.92 Å². The molecule has 0 spiro atoms. The predicted molar refractivity (Wildman–Crippen MR) is 73.7 cm³/mol. The number of nitrogens with two attached hydrogens (primary N) is 1. The van der Waals surface area contributed by atoms with E-state index >= 15 is 0 Å². The summed E-state index contributed by atoms with van der Waals surface area (Å²) in [5.74, 6) is 0. The van der Waals surface area contributed by atoms with Crippen LogP contribution in [0.5, 0.6) is 0 Å². The maximum atomic E-state index is 6.00. The Kier molecular flexibility index (Phi) is 2.70. The van der Waals surface area contributed by atoms with Crippen molar-refractivity contribution in [1.82, 2.24) is 9.78 Å². The van der Waals surface area contributed by atoms with Gasteiger partial charge in [0, 0.05) is 36.9 Å². The molecule has 94 valence electrons. The number of aromatic nitrogens is 2. The molecule has 0 aliphatic carbocycles. The second kappa shape index (κ2) is 4.37. The van der Waals surface area contributed by atoms with Crippen molar-refractivity contribution >= 4 is 11.4 Å². The third-order valence-corrected chi connectivity index (χ3v) is 3.62. The molecule has 0 saturated carbocycles. The van der Waals surface area contributed by atoms with Crippen LogP contribution in [-0.4, -0.2) is 22.9 Å². The first kappa shape index (κ1) is 11.1. The normalized spacial score (nSPS) is 13.9. The zero-order chi connectivity index (χ0) is 12.5. The number of nitrogen functional groups attached to an aromatic ring is 1. The number of rotatable bonds is 3. The molecule has 1 aromatic heterocycles. The Morgan fingerprint density at radius 1 is 1.33 bits per heavy atom. The Morgan fingerprint density at radius 3 is 3.00 bits per heavy atom. The monoisotopic (exact) mass is 242 g/mol. The Morgan fingerprint density at radius 2 is 2.22 bits per heavy atom. The first-order chi connectivity index (χ1) is 8.74. The van der Waals surface area contributed by atoms with Gasteiger partial charge in [-0.3, -0.25) is 4.68 Å². The van der Waals surface area contributed by atoms with Gasteiger partial charge in [0.1, 0.15) is 0 Å². The minimum atomic E-state index is 0.889. The first-order valence-corrected chi connectivity index (χ1v) is 6.35. The Balaban J connectivity index is 1.76. The minimum Gasteiger partial charge on any atom is -0.398 e. The number of hydrogen-bond donors (Lipinski definition) is 1. The van der Waals surface area contributed by atoms with Crippen LogP contribution in [0.3, 0.4) is 0 Å². The molecule has 4 nitrogen and oxygen atoms in total. The van der Waals surface area contributed by atoms with Crippen molar-refractivity contribution in [3.8, 4) is 0 Å². The standard InChI is InChI=1S/C14H18N4/c1-11-9-12-3-6-17(14(12)10-13(11)15)7-8-18-5-2-4-16-18/h2,4-5,9-10H,3,6-8,15H2,1H3. The zero-order valence-electron chi connectivity index (χ0n) is 10.6. The summed E-state index contributed by atoms with van der Waals surface area (Å²) in [4.78, 5) is 2.40. The van der Waals surface area contributed by atoms with E-state index < -0.39 is 0 Å². The number of fused-ring (bicyclic) bond motifs is 1. The number of benzene rings is 1. The maximum absolute atomic E-state index is 6.00. The number of nitrogens with zero attached hydrogens (tertiary/aromatic N) is 3. The second-order valence-corrected chi connectivity index (χ2v) is 4.84. The van der Waals surface area contributed by atoms with Crippen molar-refractivity contribution in [3.63, 3.8) is 0 Å². The van der Waals surface area contributed by atoms with E-state index in [9.17, 15) is 0 Å². The predicted octanol–water partition coefficient (Wildman–Crippen LogP) is 1.84. The molecule has 18 heavy (non-hydrogen) atoms. The summed E-state index contributed by atoms with van der Waals surface area (Å²) in [5, 5.41) is 4.23. The van der Waals surface area contributed by atoms with Gasteiger partial charge in [-0.15, -0.1) is 0 Å². The summed E-state index contributed by atoms with van der Waals surface area (Å²) in [6.07, 6.45) is 4.94. The summed E-state index contributed by atoms with van der Waals surface area (Å²) in [5.41, 5.74) is 10.8. The molecule has 0 atom stereocenters. The van der Waals surface area contributed by atoms with Gasteiger partial charge in [-0.2, -0.15) is 5.10 Å². The third kappa shape index (κ3) is 1.94. The lowest BCUT2D eigenvalue weighted by Gasteiger charge is -2.20. The highest BCUT2D eigenvalue weighted by molar-refractivity contribution is 5.67. The molecule has 2 N–H and O–H groups in total. The fraction of sp³-hybridized carbons (Fsp3) is 0.357. The largest absolute Gasteiger partial charge is 0.398 e. The van der Waals surface area contributed by atoms with Gasteiger partial charge in [-0.1, -0.05) is 6.07 Å². The summed E-state index contributed by atoms with van der Waals surface area (Å²) >= 11 is 0. The summed E-state index contributed by atoms with van der Waals surface area (Å²) in [6, 6.07) is 6.29. The fourth-order valence-corrected chi connectivity index (χ4v) is 2.53. The van der Waals surface area contributed by atoms with E-state index in [0.29, 0.717) is 0 Å². The highest BCUT2D eigenvalue weighted by Gasteiger charge is 2.19. The topological polar surface area (TPSA) is 47.1 Å². The number of aryl methyl sites for hydroxylation is 1. The Hall–Kier alpha value is -1.97. The van der Waals surface area contributed by atoms with Gasteiger partial charge >= 0.3 is 0 Å². The summed E-state index contributed by atoms with van der Waals surface area (Å²) in [7, 11) is 0. The molecule has 2 aromatic rings. The van der Waals surface area contributed by atoms with Crippen molar-refractivity contribution < 1.29 is 0 Å². The van der Waals surface area contributed by atoms with Crippen molar-refractivity contribution in [2.75, 3.05) is 23.7 Å². The molecule has 3 rings (SSSR count). The molecule has 1 aliphatic rings. The molecule has 0 amide bonds. The van der Waals surface area contributed by atoms with E-state index in [1.54, 1.807) is 0 Å². The SMILES string of the molecule is Cc1cc2c(cc1N)N(CCn1cccn1)CC2. The van der Waals surface area contributed by atoms with Crippen molar-refractivity contribution in [3.05, 3.63) is 41.7 Å². The molecular formula is C14H18N4. The van der Waals surface area contributed by atoms with Gasteiger partial charge in [-0.05, 0) is 36.6 Å². The average Bonchev–Trinajstić information content (AvgIpc) is 2.97. The fourth-order valence-electron chi connectivity index (χ4n) is 2.53. The van der Waals surface area contributed by atoms with Crippen LogP contribution in [0.2, 0.25) is 0 Å². The molecule has 4 heteroatoms.